The zero-order valence-corrected chi connectivity index (χ0v) is 17.6. The Kier molecular flexibility index (Phi) is 10.5. The molecule has 2 fully saturated rings. The van der Waals surface area contributed by atoms with Crippen molar-refractivity contribution in [2.75, 3.05) is 33.2 Å². The zero-order chi connectivity index (χ0) is 15.8. The van der Waals surface area contributed by atoms with Crippen molar-refractivity contribution in [3.8, 4) is 0 Å². The molecule has 0 atom stereocenters. The topological polar surface area (TPSA) is 39.7 Å². The molecule has 4 nitrogen and oxygen atoms in total. The van der Waals surface area contributed by atoms with Crippen LogP contribution in [0, 0.1) is 11.8 Å². The summed E-state index contributed by atoms with van der Waals surface area (Å²) in [5, 5.41) is 7.19. The van der Waals surface area contributed by atoms with Crippen LogP contribution in [0.25, 0.3) is 0 Å². The fourth-order valence-electron chi connectivity index (χ4n) is 3.78. The van der Waals surface area contributed by atoms with Crippen LogP contribution in [0.1, 0.15) is 58.8 Å². The third kappa shape index (κ3) is 7.59. The fourth-order valence-corrected chi connectivity index (χ4v) is 3.78. The van der Waals surface area contributed by atoms with Crippen molar-refractivity contribution >= 4 is 29.9 Å². The highest BCUT2D eigenvalue weighted by Gasteiger charge is 2.21. The summed E-state index contributed by atoms with van der Waals surface area (Å²) < 4.78 is 0. The van der Waals surface area contributed by atoms with E-state index in [1.165, 1.54) is 64.6 Å². The van der Waals surface area contributed by atoms with Crippen LogP contribution < -0.4 is 10.6 Å². The van der Waals surface area contributed by atoms with Gasteiger partial charge in [-0.05, 0) is 50.5 Å². The third-order valence-corrected chi connectivity index (χ3v) is 5.39. The minimum absolute atomic E-state index is 0. The van der Waals surface area contributed by atoms with E-state index in [0.29, 0.717) is 6.04 Å². The summed E-state index contributed by atoms with van der Waals surface area (Å²) in [6, 6.07) is 0.589. The number of rotatable bonds is 5. The number of hydrogen-bond acceptors (Lipinski definition) is 2. The average Bonchev–Trinajstić information content (AvgIpc) is 2.55. The highest BCUT2D eigenvalue weighted by molar-refractivity contribution is 14.0. The van der Waals surface area contributed by atoms with Crippen molar-refractivity contribution in [1.82, 2.24) is 15.5 Å². The maximum absolute atomic E-state index is 4.42. The first kappa shape index (κ1) is 21.0. The van der Waals surface area contributed by atoms with Gasteiger partial charge in [0.05, 0.1) is 0 Å². The second kappa shape index (κ2) is 11.5. The number of halogens is 1. The maximum atomic E-state index is 4.42. The van der Waals surface area contributed by atoms with Crippen molar-refractivity contribution < 1.29 is 0 Å². The Morgan fingerprint density at radius 1 is 1.09 bits per heavy atom. The maximum Gasteiger partial charge on any atom is 0.191 e. The summed E-state index contributed by atoms with van der Waals surface area (Å²) in [5.74, 6) is 2.77. The van der Waals surface area contributed by atoms with Crippen LogP contribution in [0.2, 0.25) is 0 Å². The number of hydrogen-bond donors (Lipinski definition) is 2. The average molecular weight is 436 g/mol. The summed E-state index contributed by atoms with van der Waals surface area (Å²) in [6.45, 7) is 9.43. The van der Waals surface area contributed by atoms with Gasteiger partial charge in [0, 0.05) is 32.7 Å². The summed E-state index contributed by atoms with van der Waals surface area (Å²) in [7, 11) is 1.89. The molecule has 0 radical (unpaired) electrons. The number of nitrogens with zero attached hydrogens (tertiary/aromatic N) is 2. The monoisotopic (exact) mass is 436 g/mol. The Labute approximate surface area is 160 Å². The van der Waals surface area contributed by atoms with E-state index in [1.54, 1.807) is 0 Å². The van der Waals surface area contributed by atoms with Gasteiger partial charge in [0.15, 0.2) is 5.96 Å². The molecule has 1 aliphatic heterocycles. The normalized spacial score (nSPS) is 27.3. The molecule has 0 unspecified atom stereocenters. The zero-order valence-electron chi connectivity index (χ0n) is 15.3. The second-order valence-electron chi connectivity index (χ2n) is 7.34. The van der Waals surface area contributed by atoms with E-state index in [2.05, 4.69) is 34.4 Å². The van der Waals surface area contributed by atoms with Gasteiger partial charge in [0.1, 0.15) is 0 Å². The molecule has 1 saturated carbocycles. The standard InChI is InChI=1S/C18H36N4.HI/c1-4-11-22-12-9-17(10-13-22)21-18(19-3)20-14-16-7-5-15(2)6-8-16;/h15-17H,4-14H2,1-3H3,(H2,19,20,21);1H. The van der Waals surface area contributed by atoms with E-state index in [-0.39, 0.29) is 24.0 Å². The molecule has 1 heterocycles. The number of nitrogens with one attached hydrogen (secondary N) is 2. The summed E-state index contributed by atoms with van der Waals surface area (Å²) in [6.07, 6.45) is 9.29. The molecule has 5 heteroatoms. The van der Waals surface area contributed by atoms with E-state index in [9.17, 15) is 0 Å². The molecule has 2 N–H and O–H groups in total. The smallest absolute Gasteiger partial charge is 0.191 e. The van der Waals surface area contributed by atoms with E-state index in [0.717, 1.165) is 24.3 Å². The fraction of sp³-hybridized carbons (Fsp3) is 0.944. The predicted octanol–water partition coefficient (Wildman–Crippen LogP) is 3.47. The Bertz CT molecular complexity index is 332. The van der Waals surface area contributed by atoms with Crippen LogP contribution in [-0.4, -0.2) is 50.1 Å². The summed E-state index contributed by atoms with van der Waals surface area (Å²) >= 11 is 0. The van der Waals surface area contributed by atoms with Crippen molar-refractivity contribution in [3.05, 3.63) is 0 Å². The first-order chi connectivity index (χ1) is 10.7. The molecule has 0 spiro atoms. The minimum atomic E-state index is 0. The second-order valence-corrected chi connectivity index (χ2v) is 7.34. The highest BCUT2D eigenvalue weighted by atomic mass is 127. The Morgan fingerprint density at radius 3 is 2.30 bits per heavy atom. The summed E-state index contributed by atoms with van der Waals surface area (Å²) in [4.78, 5) is 7.00. The van der Waals surface area contributed by atoms with Crippen molar-refractivity contribution in [2.45, 2.75) is 64.8 Å². The molecule has 0 amide bonds. The third-order valence-electron chi connectivity index (χ3n) is 5.39. The van der Waals surface area contributed by atoms with Crippen LogP contribution in [-0.2, 0) is 0 Å². The SMILES string of the molecule is CCCN1CCC(NC(=NC)NCC2CCC(C)CC2)CC1.I. The van der Waals surface area contributed by atoms with Gasteiger partial charge in [0.25, 0.3) is 0 Å². The molecule has 23 heavy (non-hydrogen) atoms. The quantitative estimate of drug-likeness (QED) is 0.394. The molecule has 2 rings (SSSR count). The lowest BCUT2D eigenvalue weighted by molar-refractivity contribution is 0.206. The molecule has 0 bridgehead atoms. The molecule has 2 aliphatic rings. The number of guanidine groups is 1. The van der Waals surface area contributed by atoms with Crippen molar-refractivity contribution in [2.24, 2.45) is 16.8 Å². The molecule has 0 aromatic carbocycles. The van der Waals surface area contributed by atoms with Crippen LogP contribution in [0.5, 0.6) is 0 Å². The lowest BCUT2D eigenvalue weighted by atomic mass is 9.83. The lowest BCUT2D eigenvalue weighted by Crippen LogP contribution is -2.49. The van der Waals surface area contributed by atoms with Gasteiger partial charge < -0.3 is 15.5 Å². The molecule has 1 aliphatic carbocycles. The van der Waals surface area contributed by atoms with Crippen molar-refractivity contribution in [1.29, 1.82) is 0 Å². The first-order valence-corrected chi connectivity index (χ1v) is 9.40. The molecule has 136 valence electrons. The van der Waals surface area contributed by atoms with Crippen LogP contribution in [0.3, 0.4) is 0 Å². The van der Waals surface area contributed by atoms with E-state index in [4.69, 9.17) is 0 Å². The first-order valence-electron chi connectivity index (χ1n) is 9.40. The lowest BCUT2D eigenvalue weighted by Gasteiger charge is -2.33. The number of aliphatic imine (C=N–C) groups is 1. The van der Waals surface area contributed by atoms with E-state index >= 15 is 0 Å². The van der Waals surface area contributed by atoms with Gasteiger partial charge in [-0.2, -0.15) is 0 Å². The van der Waals surface area contributed by atoms with Gasteiger partial charge in [-0.25, -0.2) is 0 Å². The Morgan fingerprint density at radius 2 is 1.74 bits per heavy atom. The van der Waals surface area contributed by atoms with Gasteiger partial charge in [-0.15, -0.1) is 24.0 Å². The minimum Gasteiger partial charge on any atom is -0.356 e. The summed E-state index contributed by atoms with van der Waals surface area (Å²) in [5.41, 5.74) is 0. The molecular weight excluding hydrogens is 399 g/mol. The van der Waals surface area contributed by atoms with E-state index in [1.807, 2.05) is 7.05 Å². The predicted molar refractivity (Wildman–Crippen MR) is 111 cm³/mol. The van der Waals surface area contributed by atoms with E-state index < -0.39 is 0 Å². The number of piperidine rings is 1. The Balaban J connectivity index is 0.00000264. The van der Waals surface area contributed by atoms with Gasteiger partial charge >= 0.3 is 0 Å². The van der Waals surface area contributed by atoms with Crippen LogP contribution in [0.4, 0.5) is 0 Å². The molecular formula is C18H37IN4. The molecule has 0 aromatic rings. The molecule has 1 saturated heterocycles. The van der Waals surface area contributed by atoms with Crippen LogP contribution in [0.15, 0.2) is 4.99 Å². The Hall–Kier alpha value is -0.0400. The number of likely N-dealkylation sites (tertiary alicyclic amines) is 1. The van der Waals surface area contributed by atoms with Gasteiger partial charge in [0.2, 0.25) is 0 Å². The van der Waals surface area contributed by atoms with Crippen molar-refractivity contribution in [3.63, 3.8) is 0 Å². The van der Waals surface area contributed by atoms with Gasteiger partial charge in [-0.3, -0.25) is 4.99 Å². The largest absolute Gasteiger partial charge is 0.356 e. The highest BCUT2D eigenvalue weighted by Crippen LogP contribution is 2.27. The molecule has 0 aromatic heterocycles. The van der Waals surface area contributed by atoms with Crippen LogP contribution >= 0.6 is 24.0 Å². The van der Waals surface area contributed by atoms with Gasteiger partial charge in [-0.1, -0.05) is 26.7 Å².